The first-order valence-electron chi connectivity index (χ1n) is 18.2. The molecule has 0 spiro atoms. The van der Waals surface area contributed by atoms with E-state index >= 15 is 0 Å². The number of hydrogen-bond donors (Lipinski definition) is 7. The van der Waals surface area contributed by atoms with Gasteiger partial charge in [-0.2, -0.15) is 0 Å². The van der Waals surface area contributed by atoms with E-state index in [9.17, 15) is 30.3 Å². The molecule has 0 aromatic heterocycles. The lowest BCUT2D eigenvalue weighted by Crippen LogP contribution is -2.40. The zero-order valence-electron chi connectivity index (χ0n) is 30.4. The van der Waals surface area contributed by atoms with Gasteiger partial charge in [-0.05, 0) is 109 Å². The molecule has 1 fully saturated rings. The fourth-order valence-electron chi connectivity index (χ4n) is 7.62. The summed E-state index contributed by atoms with van der Waals surface area (Å²) in [5.74, 6) is 1.03. The van der Waals surface area contributed by atoms with Crippen LogP contribution in [-0.2, 0) is 28.3 Å². The summed E-state index contributed by atoms with van der Waals surface area (Å²) >= 11 is 0. The number of aryl methyl sites for hydroxylation is 1. The number of aliphatic hydroxyl groups is 3. The van der Waals surface area contributed by atoms with Crippen LogP contribution in [0.4, 0.5) is 5.69 Å². The van der Waals surface area contributed by atoms with Gasteiger partial charge in [0.2, 0.25) is 0 Å². The number of fused-ring (bicyclic) bond motifs is 9. The molecule has 7 N–H and O–H groups in total. The molecular formula is C41H50N2O8S2. The van der Waals surface area contributed by atoms with Crippen LogP contribution in [0.3, 0.4) is 0 Å². The number of carbonyl (C=O) groups excluding carboxylic acids is 1. The molecular weight excluding hydrogens is 713 g/mol. The van der Waals surface area contributed by atoms with Crippen molar-refractivity contribution in [1.29, 1.82) is 0 Å². The number of phenolic OH excluding ortho intramolecular Hbond substituents is 2. The number of hydrogen-bond acceptors (Lipinski definition) is 12. The van der Waals surface area contributed by atoms with Crippen molar-refractivity contribution in [2.45, 2.75) is 87.6 Å². The highest BCUT2D eigenvalue weighted by Crippen LogP contribution is 2.48. The highest BCUT2D eigenvalue weighted by Gasteiger charge is 2.37. The van der Waals surface area contributed by atoms with Crippen LogP contribution in [0.15, 0.2) is 60.7 Å². The summed E-state index contributed by atoms with van der Waals surface area (Å²) in [7, 11) is 6.64. The van der Waals surface area contributed by atoms with Crippen LogP contribution < -0.4 is 15.4 Å². The summed E-state index contributed by atoms with van der Waals surface area (Å²) in [6, 6.07) is 18.4. The predicted molar refractivity (Wildman–Crippen MR) is 212 cm³/mol. The Morgan fingerprint density at radius 3 is 2.57 bits per heavy atom. The van der Waals surface area contributed by atoms with E-state index in [1.54, 1.807) is 53.8 Å². The summed E-state index contributed by atoms with van der Waals surface area (Å²) in [6.45, 7) is 1.83. The van der Waals surface area contributed by atoms with Crippen molar-refractivity contribution in [2.75, 3.05) is 26.0 Å². The molecule has 1 saturated carbocycles. The van der Waals surface area contributed by atoms with Crippen molar-refractivity contribution in [3.63, 3.8) is 0 Å². The second-order valence-corrected chi connectivity index (χ2v) is 16.7. The summed E-state index contributed by atoms with van der Waals surface area (Å²) < 4.78 is 12.6. The molecule has 7 rings (SSSR count). The zero-order chi connectivity index (χ0) is 37.6. The van der Waals surface area contributed by atoms with Crippen LogP contribution in [-0.4, -0.2) is 75.6 Å². The normalized spacial score (nSPS) is 22.2. The van der Waals surface area contributed by atoms with Crippen LogP contribution in [0.2, 0.25) is 0 Å². The number of aliphatic hydroxyl groups excluding tert-OH is 3. The lowest BCUT2D eigenvalue weighted by molar-refractivity contribution is -0.128. The third kappa shape index (κ3) is 9.08. The number of benzene rings is 4. The van der Waals surface area contributed by atoms with E-state index in [-0.39, 0.29) is 47.9 Å². The van der Waals surface area contributed by atoms with E-state index in [1.807, 2.05) is 42.5 Å². The molecule has 0 saturated heterocycles. The summed E-state index contributed by atoms with van der Waals surface area (Å²) in [4.78, 5) is 14.0. The van der Waals surface area contributed by atoms with Crippen LogP contribution >= 0.6 is 21.6 Å². The van der Waals surface area contributed by atoms with Gasteiger partial charge in [-0.15, -0.1) is 0 Å². The molecule has 4 aromatic rings. The Bertz CT molecular complexity index is 1910. The molecule has 2 heterocycles. The Morgan fingerprint density at radius 1 is 1.02 bits per heavy atom. The standard InChI is InChI=1S/C41H50N2O8S2/c1-23(45)20-43-34-13-7-27(16-28(34)21-44)41(42-2)51-37-19-30(47)11-5-25-8-14-35(48)40(50-3)39(25)31-12-6-24-4-10-29(46)18-32(24)33(31)22-52-53-38-15-9-26(37)17-36(38)49/h4,6-8,10,12-14,16,18,23,26,36-38,41-46,48-49H,5,9,11,15,17,19-22H2,1-3H3. The van der Waals surface area contributed by atoms with Gasteiger partial charge < -0.3 is 40.3 Å². The van der Waals surface area contributed by atoms with Gasteiger partial charge >= 0.3 is 0 Å². The average molecular weight is 763 g/mol. The van der Waals surface area contributed by atoms with E-state index < -0.39 is 24.5 Å². The Morgan fingerprint density at radius 2 is 1.83 bits per heavy atom. The van der Waals surface area contributed by atoms with Gasteiger partial charge in [0.25, 0.3) is 0 Å². The smallest absolute Gasteiger partial charge is 0.168 e. The lowest BCUT2D eigenvalue weighted by atomic mass is 9.81. The minimum atomic E-state index is -0.595. The second-order valence-electron chi connectivity index (χ2n) is 14.1. The molecule has 6 atom stereocenters. The molecule has 12 heteroatoms. The van der Waals surface area contributed by atoms with Gasteiger partial charge in [-0.25, -0.2) is 0 Å². The first kappa shape index (κ1) is 39.2. The molecule has 4 aromatic carbocycles. The monoisotopic (exact) mass is 762 g/mol. The lowest BCUT2D eigenvalue weighted by Gasteiger charge is -2.38. The minimum Gasteiger partial charge on any atom is -0.508 e. The van der Waals surface area contributed by atoms with Crippen molar-refractivity contribution < 1.29 is 39.8 Å². The summed E-state index contributed by atoms with van der Waals surface area (Å²) in [6.07, 6.45) is 0.659. The third-order valence-electron chi connectivity index (χ3n) is 10.4. The van der Waals surface area contributed by atoms with Crippen molar-refractivity contribution in [3.8, 4) is 28.4 Å². The number of aromatic hydroxyl groups is 2. The quantitative estimate of drug-likeness (QED) is 0.0705. The van der Waals surface area contributed by atoms with Crippen LogP contribution in [0.25, 0.3) is 21.9 Å². The maximum atomic E-state index is 14.0. The van der Waals surface area contributed by atoms with Crippen molar-refractivity contribution in [1.82, 2.24) is 5.32 Å². The van der Waals surface area contributed by atoms with Crippen molar-refractivity contribution >= 4 is 43.8 Å². The van der Waals surface area contributed by atoms with Crippen molar-refractivity contribution in [3.05, 3.63) is 82.9 Å². The number of nitrogens with one attached hydrogen (secondary N) is 2. The fraction of sp³-hybridized carbons (Fsp3) is 0.439. The van der Waals surface area contributed by atoms with Crippen LogP contribution in [0.5, 0.6) is 17.2 Å². The average Bonchev–Trinajstić information content (AvgIpc) is 3.15. The van der Waals surface area contributed by atoms with E-state index in [0.29, 0.717) is 42.0 Å². The molecule has 53 heavy (non-hydrogen) atoms. The molecule has 2 aliphatic heterocycles. The number of rotatable bonds is 9. The SMILES string of the molecule is CNC(OC1CC(=O)CCc2ccc(O)c(OC)c2-c2ccc3ccc(O)cc3c2CSSC2CCC1CC2O)c1ccc(NCC(C)O)c(CO)c1. The van der Waals surface area contributed by atoms with Crippen LogP contribution in [0, 0.1) is 5.92 Å². The zero-order valence-corrected chi connectivity index (χ0v) is 32.0. The maximum absolute atomic E-state index is 14.0. The Labute approximate surface area is 318 Å². The number of Topliss-reactive ketones (excluding diaryl/α,β-unsaturated/α-hetero) is 1. The van der Waals surface area contributed by atoms with E-state index in [2.05, 4.69) is 10.6 Å². The van der Waals surface area contributed by atoms with Gasteiger partial charge in [0, 0.05) is 47.2 Å². The first-order valence-corrected chi connectivity index (χ1v) is 20.6. The number of phenols is 2. The van der Waals surface area contributed by atoms with E-state index in [0.717, 1.165) is 51.6 Å². The minimum absolute atomic E-state index is 0.000840. The van der Waals surface area contributed by atoms with E-state index in [1.165, 1.54) is 7.11 Å². The van der Waals surface area contributed by atoms with Gasteiger partial charge in [0.05, 0.1) is 32.0 Å². The molecule has 284 valence electrons. The third-order valence-corrected chi connectivity index (χ3v) is 13.2. The van der Waals surface area contributed by atoms with E-state index in [4.69, 9.17) is 9.47 Å². The Hall–Kier alpha value is -3.49. The van der Waals surface area contributed by atoms with Crippen molar-refractivity contribution in [2.24, 2.45) is 5.92 Å². The predicted octanol–water partition coefficient (Wildman–Crippen LogP) is 6.83. The molecule has 3 aliphatic rings. The maximum Gasteiger partial charge on any atom is 0.168 e. The number of carbonyl (C=O) groups is 1. The Kier molecular flexibility index (Phi) is 13.1. The molecule has 2 bridgehead atoms. The topological polar surface area (TPSA) is 161 Å². The van der Waals surface area contributed by atoms with Gasteiger partial charge in [-0.3, -0.25) is 10.1 Å². The number of ether oxygens (including phenoxy) is 2. The fourth-order valence-corrected chi connectivity index (χ4v) is 10.5. The second kappa shape index (κ2) is 17.8. The Balaban J connectivity index is 1.34. The number of methoxy groups -OCH3 is 1. The van der Waals surface area contributed by atoms with Crippen LogP contribution in [0.1, 0.15) is 67.5 Å². The highest BCUT2D eigenvalue weighted by atomic mass is 33.1. The molecule has 1 aliphatic carbocycles. The summed E-state index contributed by atoms with van der Waals surface area (Å²) in [5, 5.41) is 61.1. The van der Waals surface area contributed by atoms with Gasteiger partial charge in [0.15, 0.2) is 11.5 Å². The molecule has 0 amide bonds. The number of anilines is 1. The largest absolute Gasteiger partial charge is 0.508 e. The molecule has 10 nitrogen and oxygen atoms in total. The van der Waals surface area contributed by atoms with Gasteiger partial charge in [-0.1, -0.05) is 51.9 Å². The molecule has 0 radical (unpaired) electrons. The highest BCUT2D eigenvalue weighted by molar-refractivity contribution is 8.76. The van der Waals surface area contributed by atoms with Gasteiger partial charge in [0.1, 0.15) is 17.8 Å². The first-order chi connectivity index (χ1) is 25.6. The summed E-state index contributed by atoms with van der Waals surface area (Å²) in [5.41, 5.74) is 5.59. The number of ketones is 1. The molecule has 6 unspecified atom stereocenters.